The Bertz CT molecular complexity index is 525. The van der Waals surface area contributed by atoms with Gasteiger partial charge in [0.15, 0.2) is 0 Å². The summed E-state index contributed by atoms with van der Waals surface area (Å²) in [6.07, 6.45) is 0.916. The summed E-state index contributed by atoms with van der Waals surface area (Å²) >= 11 is 6.94. The average molecular weight is 360 g/mol. The lowest BCUT2D eigenvalue weighted by atomic mass is 10.1. The smallest absolute Gasteiger partial charge is 0.248 e. The lowest BCUT2D eigenvalue weighted by Crippen LogP contribution is -1.86. The minimum atomic E-state index is 0.121. The molecule has 0 fully saturated rings. The molecule has 0 bridgehead atoms. The van der Waals surface area contributed by atoms with Gasteiger partial charge in [-0.1, -0.05) is 44.8 Å². The Balaban J connectivity index is 2.40. The third kappa shape index (κ3) is 2.77. The second kappa shape index (κ2) is 5.31. The van der Waals surface area contributed by atoms with E-state index in [1.807, 2.05) is 25.1 Å². The van der Waals surface area contributed by atoms with Crippen LogP contribution in [0.15, 0.2) is 27.1 Å². The first-order chi connectivity index (χ1) is 8.11. The van der Waals surface area contributed by atoms with Crippen LogP contribution in [0.4, 0.5) is 0 Å². The van der Waals surface area contributed by atoms with Crippen LogP contribution in [-0.2, 0) is 0 Å². The van der Waals surface area contributed by atoms with Crippen molar-refractivity contribution in [3.8, 4) is 11.5 Å². The topological polar surface area (TPSA) is 38.9 Å². The number of hydrogen-bond acceptors (Lipinski definition) is 3. The van der Waals surface area contributed by atoms with Gasteiger partial charge in [0.25, 0.3) is 0 Å². The van der Waals surface area contributed by atoms with Crippen molar-refractivity contribution in [1.82, 2.24) is 10.2 Å². The molecule has 0 aliphatic rings. The Morgan fingerprint density at radius 1 is 1.35 bits per heavy atom. The van der Waals surface area contributed by atoms with E-state index in [9.17, 15) is 0 Å². The van der Waals surface area contributed by atoms with Gasteiger partial charge in [0.2, 0.25) is 11.8 Å². The van der Waals surface area contributed by atoms with Gasteiger partial charge in [-0.3, -0.25) is 0 Å². The molecule has 5 heteroatoms. The van der Waals surface area contributed by atoms with Gasteiger partial charge in [-0.2, -0.15) is 0 Å². The standard InChI is InChI=1S/C12H12Br2N2O/c1-3-10(14)12-16-15-11(17-12)9-6-8(13)5-4-7(9)2/h4-6,10H,3H2,1-2H3. The van der Waals surface area contributed by atoms with Gasteiger partial charge >= 0.3 is 0 Å². The van der Waals surface area contributed by atoms with E-state index in [4.69, 9.17) is 4.42 Å². The van der Waals surface area contributed by atoms with E-state index >= 15 is 0 Å². The Kier molecular flexibility index (Phi) is 3.99. The Hall–Kier alpha value is -0.680. The maximum atomic E-state index is 5.67. The molecule has 1 aromatic heterocycles. The molecular weight excluding hydrogens is 348 g/mol. The summed E-state index contributed by atoms with van der Waals surface area (Å²) in [5, 5.41) is 8.15. The van der Waals surface area contributed by atoms with Gasteiger partial charge in [0.1, 0.15) is 0 Å². The van der Waals surface area contributed by atoms with Gasteiger partial charge in [-0.05, 0) is 31.0 Å². The molecule has 0 radical (unpaired) electrons. The van der Waals surface area contributed by atoms with Crippen molar-refractivity contribution in [2.75, 3.05) is 0 Å². The van der Waals surface area contributed by atoms with Crippen molar-refractivity contribution < 1.29 is 4.42 Å². The Morgan fingerprint density at radius 2 is 2.12 bits per heavy atom. The molecule has 2 rings (SSSR count). The van der Waals surface area contributed by atoms with Crippen LogP contribution in [-0.4, -0.2) is 10.2 Å². The monoisotopic (exact) mass is 358 g/mol. The number of benzene rings is 1. The highest BCUT2D eigenvalue weighted by Gasteiger charge is 2.15. The molecule has 0 saturated carbocycles. The molecule has 0 aliphatic carbocycles. The maximum absolute atomic E-state index is 5.67. The number of aromatic nitrogens is 2. The number of aryl methyl sites for hydroxylation is 1. The summed E-state index contributed by atoms with van der Waals surface area (Å²) in [6.45, 7) is 4.09. The molecule has 0 aliphatic heterocycles. The molecule has 0 spiro atoms. The molecule has 1 aromatic carbocycles. The van der Waals surface area contributed by atoms with Crippen molar-refractivity contribution in [2.45, 2.75) is 25.1 Å². The summed E-state index contributed by atoms with van der Waals surface area (Å²) in [4.78, 5) is 0.121. The second-order valence-corrected chi connectivity index (χ2v) is 5.80. The summed E-state index contributed by atoms with van der Waals surface area (Å²) in [5.74, 6) is 1.19. The van der Waals surface area contributed by atoms with E-state index in [1.54, 1.807) is 0 Å². The normalized spacial score (nSPS) is 12.7. The zero-order valence-electron chi connectivity index (χ0n) is 9.58. The number of nitrogens with zero attached hydrogens (tertiary/aromatic N) is 2. The van der Waals surface area contributed by atoms with Crippen LogP contribution in [0.1, 0.15) is 29.6 Å². The van der Waals surface area contributed by atoms with Crippen LogP contribution in [0, 0.1) is 6.92 Å². The number of alkyl halides is 1. The highest BCUT2D eigenvalue weighted by molar-refractivity contribution is 9.10. The first-order valence-electron chi connectivity index (χ1n) is 5.35. The third-order valence-corrected chi connectivity index (χ3v) is 4.03. The second-order valence-electron chi connectivity index (χ2n) is 3.78. The SMILES string of the molecule is CCC(Br)c1nnc(-c2cc(Br)ccc2C)o1. The first-order valence-corrected chi connectivity index (χ1v) is 7.06. The van der Waals surface area contributed by atoms with Crippen molar-refractivity contribution >= 4 is 31.9 Å². The van der Waals surface area contributed by atoms with Crippen LogP contribution in [0.5, 0.6) is 0 Å². The fourth-order valence-electron chi connectivity index (χ4n) is 1.47. The fourth-order valence-corrected chi connectivity index (χ4v) is 2.02. The molecule has 0 amide bonds. The van der Waals surface area contributed by atoms with Gasteiger partial charge in [-0.15, -0.1) is 10.2 Å². The minimum Gasteiger partial charge on any atom is -0.419 e. The zero-order valence-corrected chi connectivity index (χ0v) is 12.7. The van der Waals surface area contributed by atoms with Gasteiger partial charge in [-0.25, -0.2) is 0 Å². The Labute approximate surface area is 117 Å². The highest BCUT2D eigenvalue weighted by atomic mass is 79.9. The van der Waals surface area contributed by atoms with Gasteiger partial charge < -0.3 is 4.42 Å². The van der Waals surface area contributed by atoms with Crippen molar-refractivity contribution in [3.63, 3.8) is 0 Å². The van der Waals surface area contributed by atoms with Crippen LogP contribution in [0.3, 0.4) is 0 Å². The fraction of sp³-hybridized carbons (Fsp3) is 0.333. The van der Waals surface area contributed by atoms with Crippen molar-refractivity contribution in [2.24, 2.45) is 0 Å². The molecule has 0 N–H and O–H groups in total. The van der Waals surface area contributed by atoms with Crippen molar-refractivity contribution in [3.05, 3.63) is 34.1 Å². The number of halogens is 2. The predicted octanol–water partition coefficient (Wildman–Crippen LogP) is 4.65. The lowest BCUT2D eigenvalue weighted by Gasteiger charge is -2.02. The van der Waals surface area contributed by atoms with E-state index in [0.717, 1.165) is 22.0 Å². The van der Waals surface area contributed by atoms with E-state index in [0.29, 0.717) is 11.8 Å². The molecule has 90 valence electrons. The maximum Gasteiger partial charge on any atom is 0.248 e. The minimum absolute atomic E-state index is 0.121. The Morgan fingerprint density at radius 3 is 2.82 bits per heavy atom. The summed E-state index contributed by atoms with van der Waals surface area (Å²) in [5.41, 5.74) is 2.08. The van der Waals surface area contributed by atoms with E-state index in [-0.39, 0.29) is 4.83 Å². The number of rotatable bonds is 3. The highest BCUT2D eigenvalue weighted by Crippen LogP contribution is 2.30. The lowest BCUT2D eigenvalue weighted by molar-refractivity contribution is 0.500. The largest absolute Gasteiger partial charge is 0.419 e. The van der Waals surface area contributed by atoms with Crippen LogP contribution < -0.4 is 0 Å². The molecule has 2 aromatic rings. The molecule has 1 unspecified atom stereocenters. The quantitative estimate of drug-likeness (QED) is 0.748. The zero-order chi connectivity index (χ0) is 12.4. The van der Waals surface area contributed by atoms with Crippen LogP contribution in [0.2, 0.25) is 0 Å². The average Bonchev–Trinajstić information content (AvgIpc) is 2.80. The third-order valence-electron chi connectivity index (χ3n) is 2.50. The van der Waals surface area contributed by atoms with Crippen LogP contribution in [0.25, 0.3) is 11.5 Å². The number of hydrogen-bond donors (Lipinski definition) is 0. The summed E-state index contributed by atoms with van der Waals surface area (Å²) < 4.78 is 6.67. The molecule has 1 heterocycles. The molecule has 1 atom stereocenters. The molecular formula is C12H12Br2N2O. The molecule has 17 heavy (non-hydrogen) atoms. The first kappa shape index (κ1) is 12.8. The molecule has 0 saturated heterocycles. The van der Waals surface area contributed by atoms with Gasteiger partial charge in [0, 0.05) is 10.0 Å². The summed E-state index contributed by atoms with van der Waals surface area (Å²) in [6, 6.07) is 6.01. The van der Waals surface area contributed by atoms with Crippen molar-refractivity contribution in [1.29, 1.82) is 0 Å². The molecule has 3 nitrogen and oxygen atoms in total. The van der Waals surface area contributed by atoms with E-state index < -0.39 is 0 Å². The predicted molar refractivity (Wildman–Crippen MR) is 74.1 cm³/mol. The summed E-state index contributed by atoms with van der Waals surface area (Å²) in [7, 11) is 0. The van der Waals surface area contributed by atoms with Crippen LogP contribution >= 0.6 is 31.9 Å². The van der Waals surface area contributed by atoms with E-state index in [1.165, 1.54) is 0 Å². The van der Waals surface area contributed by atoms with Gasteiger partial charge in [0.05, 0.1) is 4.83 Å². The van der Waals surface area contributed by atoms with E-state index in [2.05, 4.69) is 49.0 Å².